The van der Waals surface area contributed by atoms with Crippen LogP contribution in [0, 0.1) is 17.1 Å². The third-order valence-electron chi connectivity index (χ3n) is 4.63. The van der Waals surface area contributed by atoms with E-state index in [0.717, 1.165) is 12.1 Å². The summed E-state index contributed by atoms with van der Waals surface area (Å²) in [5.74, 6) is -0.518. The number of halogens is 1. The predicted octanol–water partition coefficient (Wildman–Crippen LogP) is 2.69. The van der Waals surface area contributed by atoms with Gasteiger partial charge in [-0.25, -0.2) is 9.18 Å². The second kappa shape index (κ2) is 7.22. The number of fused-ring (bicyclic) bond motifs is 1. The number of nitrogens with zero attached hydrogens (tertiary/aromatic N) is 3. The molecule has 140 valence electrons. The molecule has 26 heavy (non-hydrogen) atoms. The molecule has 1 unspecified atom stereocenters. The number of ether oxygens (including phenoxy) is 2. The number of hydrogen-bond acceptors (Lipinski definition) is 5. The number of rotatable bonds is 1. The van der Waals surface area contributed by atoms with Crippen LogP contribution in [-0.2, 0) is 9.47 Å². The summed E-state index contributed by atoms with van der Waals surface area (Å²) in [5, 5.41) is 9.00. The molecule has 2 atom stereocenters. The zero-order chi connectivity index (χ0) is 18.9. The summed E-state index contributed by atoms with van der Waals surface area (Å²) in [7, 11) is 0. The van der Waals surface area contributed by atoms with E-state index < -0.39 is 11.4 Å². The van der Waals surface area contributed by atoms with Crippen LogP contribution >= 0.6 is 0 Å². The molecule has 0 aromatic heterocycles. The highest BCUT2D eigenvalue weighted by atomic mass is 19.1. The average molecular weight is 361 g/mol. The van der Waals surface area contributed by atoms with Crippen LogP contribution in [0.4, 0.5) is 9.18 Å². The fourth-order valence-corrected chi connectivity index (χ4v) is 3.31. The first kappa shape index (κ1) is 18.6. The smallest absolute Gasteiger partial charge is 0.410 e. The van der Waals surface area contributed by atoms with Gasteiger partial charge in [-0.15, -0.1) is 0 Å². The van der Waals surface area contributed by atoms with Crippen LogP contribution in [0.15, 0.2) is 18.2 Å². The Hall–Kier alpha value is -2.17. The first-order chi connectivity index (χ1) is 12.3. The Morgan fingerprint density at radius 1 is 1.35 bits per heavy atom. The van der Waals surface area contributed by atoms with E-state index >= 15 is 0 Å². The van der Waals surface area contributed by atoms with Crippen molar-refractivity contribution in [1.82, 2.24) is 9.80 Å². The van der Waals surface area contributed by atoms with Crippen molar-refractivity contribution in [1.29, 1.82) is 5.26 Å². The quantitative estimate of drug-likeness (QED) is 0.769. The Balaban J connectivity index is 1.62. The van der Waals surface area contributed by atoms with Gasteiger partial charge in [0.25, 0.3) is 0 Å². The van der Waals surface area contributed by atoms with Crippen molar-refractivity contribution in [2.75, 3.05) is 32.8 Å². The standard InChI is InChI=1S/C19H24FN3O3/c1-19(2,3)26-18(24)23-7-6-22-11-17(25-12-15(22)10-23)13-4-5-16(20)14(8-13)9-21/h4-5,8,15,17H,6-7,10-12H2,1-3H3/t15-,17?/m1/s1. The molecule has 0 bridgehead atoms. The highest BCUT2D eigenvalue weighted by molar-refractivity contribution is 5.68. The number of piperazine rings is 1. The molecule has 1 amide bonds. The number of nitriles is 1. The van der Waals surface area contributed by atoms with Crippen molar-refractivity contribution in [2.45, 2.75) is 38.5 Å². The lowest BCUT2D eigenvalue weighted by Gasteiger charge is -2.46. The van der Waals surface area contributed by atoms with Crippen molar-refractivity contribution in [3.05, 3.63) is 35.1 Å². The SMILES string of the molecule is CC(C)(C)OC(=O)N1CCN2CC(c3ccc(F)c(C#N)c3)OC[C@H]2C1. The summed E-state index contributed by atoms with van der Waals surface area (Å²) < 4.78 is 24.9. The minimum Gasteiger partial charge on any atom is -0.444 e. The molecule has 0 spiro atoms. The second-order valence-electron chi connectivity index (χ2n) is 7.75. The fourth-order valence-electron chi connectivity index (χ4n) is 3.31. The molecule has 0 saturated carbocycles. The Bertz CT molecular complexity index is 726. The number of morpholine rings is 1. The monoisotopic (exact) mass is 361 g/mol. The van der Waals surface area contributed by atoms with Gasteiger partial charge in [0.05, 0.1) is 24.3 Å². The maximum atomic E-state index is 13.5. The van der Waals surface area contributed by atoms with Crippen molar-refractivity contribution in [2.24, 2.45) is 0 Å². The number of hydrogen-bond donors (Lipinski definition) is 0. The lowest BCUT2D eigenvalue weighted by molar-refractivity contribution is -0.0906. The Morgan fingerprint density at radius 3 is 2.81 bits per heavy atom. The summed E-state index contributed by atoms with van der Waals surface area (Å²) in [6.07, 6.45) is -0.497. The second-order valence-corrected chi connectivity index (χ2v) is 7.75. The summed E-state index contributed by atoms with van der Waals surface area (Å²) in [4.78, 5) is 16.3. The molecule has 3 rings (SSSR count). The molecule has 2 fully saturated rings. The van der Waals surface area contributed by atoms with Crippen LogP contribution in [0.1, 0.15) is 38.0 Å². The summed E-state index contributed by atoms with van der Waals surface area (Å²) >= 11 is 0. The summed E-state index contributed by atoms with van der Waals surface area (Å²) in [6, 6.07) is 6.51. The molecule has 0 aliphatic carbocycles. The van der Waals surface area contributed by atoms with Crippen LogP contribution in [-0.4, -0.2) is 60.3 Å². The molecular weight excluding hydrogens is 337 g/mol. The van der Waals surface area contributed by atoms with E-state index in [1.54, 1.807) is 17.0 Å². The van der Waals surface area contributed by atoms with Crippen molar-refractivity contribution in [3.8, 4) is 6.07 Å². The minimum atomic E-state index is -0.518. The largest absolute Gasteiger partial charge is 0.444 e. The van der Waals surface area contributed by atoms with E-state index in [0.29, 0.717) is 26.2 Å². The normalized spacial score (nSPS) is 23.9. The highest BCUT2D eigenvalue weighted by Gasteiger charge is 2.36. The molecular formula is C19H24FN3O3. The summed E-state index contributed by atoms with van der Waals surface area (Å²) in [5.41, 5.74) is 0.322. The Labute approximate surface area is 153 Å². The van der Waals surface area contributed by atoms with E-state index in [2.05, 4.69) is 4.90 Å². The van der Waals surface area contributed by atoms with Crippen molar-refractivity contribution >= 4 is 6.09 Å². The highest BCUT2D eigenvalue weighted by Crippen LogP contribution is 2.28. The van der Waals surface area contributed by atoms with Gasteiger partial charge in [-0.05, 0) is 38.5 Å². The topological polar surface area (TPSA) is 65.8 Å². The number of benzene rings is 1. The van der Waals surface area contributed by atoms with Gasteiger partial charge in [-0.2, -0.15) is 5.26 Å². The molecule has 0 N–H and O–H groups in total. The van der Waals surface area contributed by atoms with Crippen molar-refractivity contribution in [3.63, 3.8) is 0 Å². The van der Waals surface area contributed by atoms with Crippen LogP contribution in [0.3, 0.4) is 0 Å². The Kier molecular flexibility index (Phi) is 5.17. The maximum Gasteiger partial charge on any atom is 0.410 e. The van der Waals surface area contributed by atoms with Gasteiger partial charge in [0.15, 0.2) is 0 Å². The Morgan fingerprint density at radius 2 is 2.12 bits per heavy atom. The molecule has 2 aliphatic heterocycles. The molecule has 1 aromatic rings. The van der Waals surface area contributed by atoms with Gasteiger partial charge in [0.1, 0.15) is 17.5 Å². The first-order valence-electron chi connectivity index (χ1n) is 8.80. The first-order valence-corrected chi connectivity index (χ1v) is 8.80. The molecule has 7 heteroatoms. The molecule has 2 saturated heterocycles. The number of carbonyl (C=O) groups excluding carboxylic acids is 1. The van der Waals surface area contributed by atoms with Crippen LogP contribution in [0.5, 0.6) is 0 Å². The van der Waals surface area contributed by atoms with Crippen molar-refractivity contribution < 1.29 is 18.7 Å². The molecule has 0 radical (unpaired) electrons. The molecule has 6 nitrogen and oxygen atoms in total. The van der Waals surface area contributed by atoms with Crippen LogP contribution in [0.25, 0.3) is 0 Å². The molecule has 2 aliphatic rings. The van der Waals surface area contributed by atoms with Crippen LogP contribution < -0.4 is 0 Å². The third kappa shape index (κ3) is 4.14. The van der Waals surface area contributed by atoms with E-state index in [4.69, 9.17) is 14.7 Å². The lowest BCUT2D eigenvalue weighted by atomic mass is 10.0. The number of carbonyl (C=O) groups is 1. The minimum absolute atomic E-state index is 0.0305. The fraction of sp³-hybridized carbons (Fsp3) is 0.579. The van der Waals surface area contributed by atoms with Gasteiger partial charge < -0.3 is 14.4 Å². The zero-order valence-electron chi connectivity index (χ0n) is 15.4. The maximum absolute atomic E-state index is 13.5. The predicted molar refractivity (Wildman–Crippen MR) is 93.0 cm³/mol. The van der Waals surface area contributed by atoms with Gasteiger partial charge in [-0.3, -0.25) is 4.90 Å². The van der Waals surface area contributed by atoms with Gasteiger partial charge in [-0.1, -0.05) is 6.07 Å². The van der Waals surface area contributed by atoms with Crippen LogP contribution in [0.2, 0.25) is 0 Å². The zero-order valence-corrected chi connectivity index (χ0v) is 15.4. The van der Waals surface area contributed by atoms with Gasteiger partial charge >= 0.3 is 6.09 Å². The van der Waals surface area contributed by atoms with E-state index in [1.807, 2.05) is 26.8 Å². The molecule has 1 aromatic carbocycles. The van der Waals surface area contributed by atoms with E-state index in [1.165, 1.54) is 6.07 Å². The van der Waals surface area contributed by atoms with Gasteiger partial charge in [0.2, 0.25) is 0 Å². The summed E-state index contributed by atoms with van der Waals surface area (Å²) in [6.45, 7) is 8.59. The number of amides is 1. The van der Waals surface area contributed by atoms with E-state index in [-0.39, 0.29) is 23.8 Å². The molecule has 2 heterocycles. The lowest BCUT2D eigenvalue weighted by Crippen LogP contribution is -2.60. The average Bonchev–Trinajstić information content (AvgIpc) is 2.59. The van der Waals surface area contributed by atoms with E-state index in [9.17, 15) is 9.18 Å². The van der Waals surface area contributed by atoms with Gasteiger partial charge in [0, 0.05) is 26.2 Å². The third-order valence-corrected chi connectivity index (χ3v) is 4.63.